The van der Waals surface area contributed by atoms with Crippen LogP contribution in [-0.2, 0) is 0 Å². The molecule has 0 spiro atoms. The highest BCUT2D eigenvalue weighted by molar-refractivity contribution is 4.72. The molecule has 62 valence electrons. The summed E-state index contributed by atoms with van der Waals surface area (Å²) >= 11 is 0. The highest BCUT2D eigenvalue weighted by atomic mass is 14.9. The van der Waals surface area contributed by atoms with Crippen molar-refractivity contribution in [3.8, 4) is 0 Å². The van der Waals surface area contributed by atoms with Gasteiger partial charge in [-0.05, 0) is 19.0 Å². The van der Waals surface area contributed by atoms with Crippen molar-refractivity contribution >= 4 is 0 Å². The maximum Gasteiger partial charge on any atom is 0.00145 e. The summed E-state index contributed by atoms with van der Waals surface area (Å²) < 4.78 is 0. The Bertz CT molecular complexity index is 79.3. The summed E-state index contributed by atoms with van der Waals surface area (Å²) in [6.45, 7) is 9.87. The molecule has 2 heteroatoms. The summed E-state index contributed by atoms with van der Waals surface area (Å²) in [6, 6.07) is 0. The van der Waals surface area contributed by atoms with Gasteiger partial charge in [-0.2, -0.15) is 0 Å². The molecule has 2 nitrogen and oxygen atoms in total. The van der Waals surface area contributed by atoms with Gasteiger partial charge < -0.3 is 10.6 Å². The second-order valence-electron chi connectivity index (χ2n) is 3.47. The molecule has 0 fully saturated rings. The Morgan fingerprint density at radius 1 is 1.20 bits per heavy atom. The van der Waals surface area contributed by atoms with Crippen molar-refractivity contribution in [1.82, 2.24) is 10.6 Å². The fourth-order valence-corrected chi connectivity index (χ4v) is 1.00. The maximum absolute atomic E-state index is 3.33. The van der Waals surface area contributed by atoms with Crippen LogP contribution in [-0.4, -0.2) is 26.7 Å². The first kappa shape index (κ1) is 9.92. The van der Waals surface area contributed by atoms with E-state index in [0.29, 0.717) is 5.41 Å². The Kier molecular flexibility index (Phi) is 4.65. The van der Waals surface area contributed by atoms with Crippen molar-refractivity contribution in [1.29, 1.82) is 0 Å². The van der Waals surface area contributed by atoms with Gasteiger partial charge in [0.15, 0.2) is 0 Å². The molecular weight excluding hydrogens is 124 g/mol. The minimum absolute atomic E-state index is 0.380. The molecule has 0 amide bonds. The fraction of sp³-hybridized carbons (Fsp3) is 1.00. The van der Waals surface area contributed by atoms with Crippen LogP contribution in [0.15, 0.2) is 0 Å². The van der Waals surface area contributed by atoms with Crippen molar-refractivity contribution in [2.45, 2.75) is 20.8 Å². The summed E-state index contributed by atoms with van der Waals surface area (Å²) in [5, 5.41) is 6.51. The van der Waals surface area contributed by atoms with E-state index in [1.54, 1.807) is 0 Å². The smallest absolute Gasteiger partial charge is 0.00145 e. The van der Waals surface area contributed by atoms with Gasteiger partial charge >= 0.3 is 0 Å². The molecule has 0 aliphatic rings. The second-order valence-corrected chi connectivity index (χ2v) is 3.47. The van der Waals surface area contributed by atoms with E-state index in [0.717, 1.165) is 19.6 Å². The topological polar surface area (TPSA) is 24.1 Å². The van der Waals surface area contributed by atoms with Gasteiger partial charge in [0.25, 0.3) is 0 Å². The van der Waals surface area contributed by atoms with Gasteiger partial charge in [0.1, 0.15) is 0 Å². The number of hydrogen-bond donors (Lipinski definition) is 2. The highest BCUT2D eigenvalue weighted by Gasteiger charge is 2.14. The van der Waals surface area contributed by atoms with Crippen LogP contribution in [0.4, 0.5) is 0 Å². The lowest BCUT2D eigenvalue weighted by molar-refractivity contribution is 0.333. The average Bonchev–Trinajstić information content (AvgIpc) is 1.84. The first-order chi connectivity index (χ1) is 4.62. The monoisotopic (exact) mass is 144 g/mol. The summed E-state index contributed by atoms with van der Waals surface area (Å²) in [6.07, 6.45) is 0. The second kappa shape index (κ2) is 4.69. The first-order valence-electron chi connectivity index (χ1n) is 3.97. The zero-order valence-corrected chi connectivity index (χ0v) is 7.62. The van der Waals surface area contributed by atoms with Gasteiger partial charge in [0.2, 0.25) is 0 Å². The van der Waals surface area contributed by atoms with E-state index >= 15 is 0 Å². The minimum Gasteiger partial charge on any atom is -0.319 e. The van der Waals surface area contributed by atoms with Gasteiger partial charge in [-0.1, -0.05) is 20.8 Å². The third kappa shape index (κ3) is 4.77. The van der Waals surface area contributed by atoms with Gasteiger partial charge in [-0.15, -0.1) is 0 Å². The van der Waals surface area contributed by atoms with Gasteiger partial charge in [-0.3, -0.25) is 0 Å². The van der Waals surface area contributed by atoms with E-state index in [4.69, 9.17) is 0 Å². The molecular formula is C8H20N2. The Morgan fingerprint density at radius 2 is 1.80 bits per heavy atom. The SMILES string of the molecule is CCNCC(C)(C)CNC. The molecule has 10 heavy (non-hydrogen) atoms. The molecule has 0 aliphatic carbocycles. The van der Waals surface area contributed by atoms with Gasteiger partial charge in [0, 0.05) is 13.1 Å². The Morgan fingerprint density at radius 3 is 2.20 bits per heavy atom. The molecule has 0 aromatic rings. The first-order valence-corrected chi connectivity index (χ1v) is 3.97. The molecule has 0 aliphatic heterocycles. The molecule has 0 aromatic heterocycles. The third-order valence-electron chi connectivity index (χ3n) is 1.51. The van der Waals surface area contributed by atoms with Crippen LogP contribution in [0, 0.1) is 5.41 Å². The van der Waals surface area contributed by atoms with Crippen molar-refractivity contribution in [3.63, 3.8) is 0 Å². The Balaban J connectivity index is 3.42. The molecule has 0 aromatic carbocycles. The van der Waals surface area contributed by atoms with E-state index < -0.39 is 0 Å². The maximum atomic E-state index is 3.33. The summed E-state index contributed by atoms with van der Waals surface area (Å²) in [5.41, 5.74) is 0.380. The molecule has 0 heterocycles. The summed E-state index contributed by atoms with van der Waals surface area (Å²) in [5.74, 6) is 0. The fourth-order valence-electron chi connectivity index (χ4n) is 1.00. The molecule has 0 rings (SSSR count). The van der Waals surface area contributed by atoms with Crippen molar-refractivity contribution in [2.75, 3.05) is 26.7 Å². The van der Waals surface area contributed by atoms with Gasteiger partial charge in [0.05, 0.1) is 0 Å². The van der Waals surface area contributed by atoms with Crippen molar-refractivity contribution < 1.29 is 0 Å². The third-order valence-corrected chi connectivity index (χ3v) is 1.51. The highest BCUT2D eigenvalue weighted by Crippen LogP contribution is 2.10. The van der Waals surface area contributed by atoms with Gasteiger partial charge in [-0.25, -0.2) is 0 Å². The number of hydrogen-bond acceptors (Lipinski definition) is 2. The molecule has 2 N–H and O–H groups in total. The standard InChI is InChI=1S/C8H20N2/c1-5-10-7-8(2,3)6-9-4/h9-10H,5-7H2,1-4H3. The predicted octanol–water partition coefficient (Wildman–Crippen LogP) is 0.841. The molecule has 0 unspecified atom stereocenters. The van der Waals surface area contributed by atoms with Crippen LogP contribution >= 0.6 is 0 Å². The lowest BCUT2D eigenvalue weighted by atomic mass is 9.93. The predicted molar refractivity (Wildman–Crippen MR) is 46.3 cm³/mol. The van der Waals surface area contributed by atoms with Crippen LogP contribution in [0.3, 0.4) is 0 Å². The zero-order chi connectivity index (χ0) is 8.04. The van der Waals surface area contributed by atoms with Crippen LogP contribution < -0.4 is 10.6 Å². The molecule has 0 bridgehead atoms. The van der Waals surface area contributed by atoms with E-state index in [1.807, 2.05) is 7.05 Å². The molecule has 0 radical (unpaired) electrons. The lowest BCUT2D eigenvalue weighted by Gasteiger charge is -2.24. The minimum atomic E-state index is 0.380. The van der Waals surface area contributed by atoms with E-state index in [-0.39, 0.29) is 0 Å². The Labute approximate surface area is 64.4 Å². The Hall–Kier alpha value is -0.0800. The quantitative estimate of drug-likeness (QED) is 0.597. The lowest BCUT2D eigenvalue weighted by Crippen LogP contribution is -2.36. The van der Waals surface area contributed by atoms with Crippen LogP contribution in [0.2, 0.25) is 0 Å². The summed E-state index contributed by atoms with van der Waals surface area (Å²) in [7, 11) is 1.99. The number of rotatable bonds is 5. The van der Waals surface area contributed by atoms with Crippen LogP contribution in [0.5, 0.6) is 0 Å². The van der Waals surface area contributed by atoms with Crippen LogP contribution in [0.25, 0.3) is 0 Å². The van der Waals surface area contributed by atoms with Crippen molar-refractivity contribution in [2.24, 2.45) is 5.41 Å². The zero-order valence-electron chi connectivity index (χ0n) is 7.62. The normalized spacial score (nSPS) is 12.0. The van der Waals surface area contributed by atoms with E-state index in [1.165, 1.54) is 0 Å². The summed E-state index contributed by atoms with van der Waals surface area (Å²) in [4.78, 5) is 0. The van der Waals surface area contributed by atoms with Crippen molar-refractivity contribution in [3.05, 3.63) is 0 Å². The average molecular weight is 144 g/mol. The molecule has 0 saturated heterocycles. The molecule has 0 saturated carbocycles. The van der Waals surface area contributed by atoms with Crippen LogP contribution in [0.1, 0.15) is 20.8 Å². The number of nitrogens with one attached hydrogen (secondary N) is 2. The largest absolute Gasteiger partial charge is 0.319 e. The van der Waals surface area contributed by atoms with E-state index in [9.17, 15) is 0 Å². The molecule has 0 atom stereocenters. The van der Waals surface area contributed by atoms with E-state index in [2.05, 4.69) is 31.4 Å².